The van der Waals surface area contributed by atoms with E-state index in [0.29, 0.717) is 35.5 Å². The number of carbonyl (C=O) groups excluding carboxylic acids is 1. The van der Waals surface area contributed by atoms with Crippen molar-refractivity contribution in [3.8, 4) is 17.2 Å². The average Bonchev–Trinajstić information content (AvgIpc) is 3.60. The molecule has 0 unspecified atom stereocenters. The van der Waals surface area contributed by atoms with Crippen LogP contribution in [0.1, 0.15) is 48.9 Å². The van der Waals surface area contributed by atoms with E-state index >= 15 is 0 Å². The summed E-state index contributed by atoms with van der Waals surface area (Å²) in [7, 11) is 1.76. The molecule has 246 valence electrons. The summed E-state index contributed by atoms with van der Waals surface area (Å²) in [5, 5.41) is 23.6. The Hall–Kier alpha value is -5.17. The van der Waals surface area contributed by atoms with Gasteiger partial charge in [-0.1, -0.05) is 30.3 Å². The van der Waals surface area contributed by atoms with Gasteiger partial charge in [0, 0.05) is 55.5 Å². The van der Waals surface area contributed by atoms with Crippen molar-refractivity contribution in [1.29, 1.82) is 5.26 Å². The zero-order valence-electron chi connectivity index (χ0n) is 28.4. The second-order valence-electron chi connectivity index (χ2n) is 12.3. The minimum Gasteiger partial charge on any atom is -0.395 e. The van der Waals surface area contributed by atoms with Crippen molar-refractivity contribution >= 4 is 34.4 Å². The van der Waals surface area contributed by atoms with Crippen molar-refractivity contribution < 1.29 is 9.90 Å². The van der Waals surface area contributed by atoms with Crippen molar-refractivity contribution in [1.82, 2.24) is 19.8 Å². The van der Waals surface area contributed by atoms with Gasteiger partial charge in [0.05, 0.1) is 12.2 Å². The van der Waals surface area contributed by atoms with Crippen molar-refractivity contribution in [3.63, 3.8) is 0 Å². The quantitative estimate of drug-likeness (QED) is 0.0566. The highest BCUT2D eigenvalue weighted by Crippen LogP contribution is 2.34. The summed E-state index contributed by atoms with van der Waals surface area (Å²) in [4.78, 5) is 30.5. The smallest absolute Gasteiger partial charge is 0.168 e. The van der Waals surface area contributed by atoms with E-state index in [1.807, 2.05) is 43.6 Å². The number of aliphatic imine (C=N–C) groups is 1. The Labute approximate surface area is 283 Å². The third-order valence-corrected chi connectivity index (χ3v) is 8.97. The maximum Gasteiger partial charge on any atom is 0.168 e. The van der Waals surface area contributed by atoms with E-state index in [1.54, 1.807) is 25.1 Å². The first-order chi connectivity index (χ1) is 23.2. The average molecular weight is 642 g/mol. The van der Waals surface area contributed by atoms with Crippen LogP contribution in [0, 0.1) is 25.2 Å². The Morgan fingerprint density at radius 1 is 1.08 bits per heavy atom. The Kier molecular flexibility index (Phi) is 11.1. The lowest BCUT2D eigenvalue weighted by atomic mass is 9.91. The molecule has 0 radical (unpaired) electrons. The van der Waals surface area contributed by atoms with E-state index in [0.717, 1.165) is 64.0 Å². The highest BCUT2D eigenvalue weighted by atomic mass is 16.3. The van der Waals surface area contributed by atoms with E-state index in [2.05, 4.69) is 64.4 Å². The lowest BCUT2D eigenvalue weighted by molar-refractivity contribution is -0.105. The zero-order valence-corrected chi connectivity index (χ0v) is 28.4. The number of rotatable bonds is 12. The number of allylic oxidation sites excluding steroid dienone is 3. The molecule has 0 amide bonds. The molecule has 1 aliphatic rings. The van der Waals surface area contributed by atoms with Crippen LogP contribution in [0.2, 0.25) is 0 Å². The van der Waals surface area contributed by atoms with E-state index in [4.69, 9.17) is 4.98 Å². The normalized spacial score (nSPS) is 14.5. The molecule has 0 saturated carbocycles. The minimum atomic E-state index is -0.0442. The molecule has 0 aliphatic carbocycles. The lowest BCUT2D eigenvalue weighted by Crippen LogP contribution is -2.18. The summed E-state index contributed by atoms with van der Waals surface area (Å²) in [6, 6.07) is 18.6. The van der Waals surface area contributed by atoms with E-state index in [1.165, 1.54) is 18.4 Å². The van der Waals surface area contributed by atoms with Gasteiger partial charge in [-0.25, -0.2) is 9.98 Å². The number of aromatic nitrogens is 2. The number of benzene rings is 2. The Morgan fingerprint density at radius 3 is 2.52 bits per heavy atom. The molecule has 1 aliphatic heterocycles. The molecule has 0 spiro atoms. The molecular weight excluding hydrogens is 598 g/mol. The molecule has 1 fully saturated rings. The van der Waals surface area contributed by atoms with Crippen LogP contribution in [0.3, 0.4) is 0 Å². The monoisotopic (exact) mass is 641 g/mol. The summed E-state index contributed by atoms with van der Waals surface area (Å²) >= 11 is 0. The van der Waals surface area contributed by atoms with Gasteiger partial charge in [0.25, 0.3) is 0 Å². The SMILES string of the molecule is CC(=N/C(C=O)=C(C)/C(C#N)=C\N(C)CCO)c1cccc(-c2cccc(Nc3nccc4cc(CN5CCCC5)cnc34)c2C)c1C. The minimum absolute atomic E-state index is 0.0442. The van der Waals surface area contributed by atoms with Crippen molar-refractivity contribution in [2.24, 2.45) is 4.99 Å². The Morgan fingerprint density at radius 2 is 1.81 bits per heavy atom. The zero-order chi connectivity index (χ0) is 34.2. The molecule has 9 nitrogen and oxygen atoms in total. The largest absolute Gasteiger partial charge is 0.395 e. The standard InChI is InChI=1S/C39H43N7O2/c1-26(32(21-40)24-45(5)18-19-47)37(25-48)43-29(4)33-10-8-11-34(27(33)2)35-12-9-13-36(28(35)3)44-39-38-31(14-15-41-39)20-30(22-42-38)23-46-16-6-7-17-46/h8-15,20,22,24-25,47H,6-7,16-19,23H2,1-5H3,(H,41,44)/b32-24-,37-26+,43-29?. The van der Waals surface area contributed by atoms with E-state index in [9.17, 15) is 15.2 Å². The number of carbonyl (C=O) groups is 1. The van der Waals surface area contributed by atoms with Crippen LogP contribution < -0.4 is 5.32 Å². The first kappa shape index (κ1) is 34.2. The number of nitrogens with one attached hydrogen (secondary N) is 1. The molecule has 5 rings (SSSR count). The Bertz CT molecular complexity index is 1950. The molecular formula is C39H43N7O2. The van der Waals surface area contributed by atoms with Gasteiger partial charge < -0.3 is 15.3 Å². The fraction of sp³-hybridized carbons (Fsp3) is 0.308. The van der Waals surface area contributed by atoms with Crippen LogP contribution in [0.5, 0.6) is 0 Å². The highest BCUT2D eigenvalue weighted by Gasteiger charge is 2.16. The van der Waals surface area contributed by atoms with Gasteiger partial charge in [-0.05, 0) is 111 Å². The predicted molar refractivity (Wildman–Crippen MR) is 193 cm³/mol. The molecule has 2 N–H and O–H groups in total. The summed E-state index contributed by atoms with van der Waals surface area (Å²) < 4.78 is 0. The topological polar surface area (TPSA) is 118 Å². The third-order valence-electron chi connectivity index (χ3n) is 8.97. The van der Waals surface area contributed by atoms with Crippen molar-refractivity contribution in [3.05, 3.63) is 106 Å². The second-order valence-corrected chi connectivity index (χ2v) is 12.3. The Balaban J connectivity index is 1.45. The number of aliphatic hydroxyl groups is 1. The summed E-state index contributed by atoms with van der Waals surface area (Å²) in [6.45, 7) is 11.3. The fourth-order valence-corrected chi connectivity index (χ4v) is 6.22. The van der Waals surface area contributed by atoms with Gasteiger partial charge in [0.2, 0.25) is 0 Å². The van der Waals surface area contributed by atoms with Crippen LogP contribution in [0.15, 0.2) is 89.0 Å². The number of likely N-dealkylation sites (N-methyl/N-ethyl adjacent to an activating group) is 1. The second kappa shape index (κ2) is 15.6. The number of likely N-dealkylation sites (tertiary alicyclic amines) is 1. The number of anilines is 2. The van der Waals surface area contributed by atoms with Crippen LogP contribution in [0.4, 0.5) is 11.5 Å². The molecule has 48 heavy (non-hydrogen) atoms. The number of fused-ring (bicyclic) bond motifs is 1. The van der Waals surface area contributed by atoms with Crippen molar-refractivity contribution in [2.45, 2.75) is 47.1 Å². The molecule has 0 atom stereocenters. The summed E-state index contributed by atoms with van der Waals surface area (Å²) in [5.41, 5.74) is 9.74. The maximum absolute atomic E-state index is 12.1. The number of hydrogen-bond donors (Lipinski definition) is 2. The first-order valence-corrected chi connectivity index (χ1v) is 16.3. The van der Waals surface area contributed by atoms with Crippen LogP contribution in [-0.2, 0) is 11.3 Å². The number of hydrogen-bond acceptors (Lipinski definition) is 9. The van der Waals surface area contributed by atoms with Gasteiger partial charge >= 0.3 is 0 Å². The molecule has 2 aromatic heterocycles. The van der Waals surface area contributed by atoms with E-state index < -0.39 is 0 Å². The third kappa shape index (κ3) is 7.68. The molecule has 4 aromatic rings. The van der Waals surface area contributed by atoms with Gasteiger partial charge in [0.15, 0.2) is 12.1 Å². The molecule has 9 heteroatoms. The van der Waals surface area contributed by atoms with Crippen molar-refractivity contribution in [2.75, 3.05) is 38.6 Å². The molecule has 1 saturated heterocycles. The molecule has 2 aromatic carbocycles. The van der Waals surface area contributed by atoms with Crippen LogP contribution in [0.25, 0.3) is 22.0 Å². The molecule has 3 heterocycles. The fourth-order valence-electron chi connectivity index (χ4n) is 6.22. The van der Waals surface area contributed by atoms with Gasteiger partial charge in [-0.15, -0.1) is 0 Å². The number of pyridine rings is 2. The number of nitriles is 1. The summed E-state index contributed by atoms with van der Waals surface area (Å²) in [6.07, 6.45) is 8.62. The number of nitrogens with zero attached hydrogens (tertiary/aromatic N) is 6. The number of aldehydes is 1. The van der Waals surface area contributed by atoms with Crippen LogP contribution in [-0.4, -0.2) is 70.2 Å². The molecule has 0 bridgehead atoms. The number of aliphatic hydroxyl groups excluding tert-OH is 1. The highest BCUT2D eigenvalue weighted by molar-refractivity contribution is 6.03. The maximum atomic E-state index is 12.1. The lowest BCUT2D eigenvalue weighted by Gasteiger charge is -2.18. The van der Waals surface area contributed by atoms with Gasteiger partial charge in [-0.2, -0.15) is 5.26 Å². The van der Waals surface area contributed by atoms with E-state index in [-0.39, 0.29) is 12.3 Å². The van der Waals surface area contributed by atoms with Gasteiger partial charge in [-0.3, -0.25) is 14.7 Å². The predicted octanol–water partition coefficient (Wildman–Crippen LogP) is 6.87. The van der Waals surface area contributed by atoms with Crippen LogP contribution >= 0.6 is 0 Å². The summed E-state index contributed by atoms with van der Waals surface area (Å²) in [5.74, 6) is 0.714. The van der Waals surface area contributed by atoms with Gasteiger partial charge in [0.1, 0.15) is 17.3 Å². The first-order valence-electron chi connectivity index (χ1n) is 16.3.